The van der Waals surface area contributed by atoms with Gasteiger partial charge in [-0.3, -0.25) is 4.90 Å². The zero-order valence-corrected chi connectivity index (χ0v) is 9.15. The van der Waals surface area contributed by atoms with Crippen LogP contribution in [0.3, 0.4) is 0 Å². The van der Waals surface area contributed by atoms with Gasteiger partial charge in [-0.1, -0.05) is 6.92 Å². The standard InChI is InChI=1S/C8H19N.V/c1-6-9(7(2)3)8(4)5;/h7-8H,6H2,1-5H3;. The van der Waals surface area contributed by atoms with E-state index in [-0.39, 0.29) is 18.6 Å². The zero-order chi connectivity index (χ0) is 7.44. The molecule has 0 fully saturated rings. The number of nitrogens with zero attached hydrogens (tertiary/aromatic N) is 1. The Kier molecular flexibility index (Phi) is 8.25. The minimum Gasteiger partial charge on any atom is -0.299 e. The first-order chi connectivity index (χ1) is 4.09. The van der Waals surface area contributed by atoms with Gasteiger partial charge >= 0.3 is 0 Å². The second-order valence-electron chi connectivity index (χ2n) is 3.02. The quantitative estimate of drug-likeness (QED) is 0.643. The van der Waals surface area contributed by atoms with Gasteiger partial charge in [0.25, 0.3) is 0 Å². The fourth-order valence-corrected chi connectivity index (χ4v) is 1.33. The Morgan fingerprint density at radius 2 is 1.30 bits per heavy atom. The van der Waals surface area contributed by atoms with Crippen LogP contribution < -0.4 is 0 Å². The molecule has 0 saturated carbocycles. The SMILES string of the molecule is CCN(C(C)C)C(C)C.[V]. The molecule has 0 spiro atoms. The van der Waals surface area contributed by atoms with Crippen molar-refractivity contribution in [3.63, 3.8) is 0 Å². The molecule has 0 unspecified atom stereocenters. The third-order valence-electron chi connectivity index (χ3n) is 1.69. The van der Waals surface area contributed by atoms with E-state index >= 15 is 0 Å². The maximum atomic E-state index is 2.46. The molecule has 0 aromatic heterocycles. The van der Waals surface area contributed by atoms with Gasteiger partial charge in [0.1, 0.15) is 0 Å². The van der Waals surface area contributed by atoms with Crippen LogP contribution in [0.5, 0.6) is 0 Å². The molecule has 0 aliphatic heterocycles. The summed E-state index contributed by atoms with van der Waals surface area (Å²) in [5.41, 5.74) is 0. The molecule has 0 saturated heterocycles. The van der Waals surface area contributed by atoms with E-state index in [0.29, 0.717) is 12.1 Å². The smallest absolute Gasteiger partial charge is 0.00411 e. The summed E-state index contributed by atoms with van der Waals surface area (Å²) in [6, 6.07) is 1.38. The summed E-state index contributed by atoms with van der Waals surface area (Å²) < 4.78 is 0. The monoisotopic (exact) mass is 180 g/mol. The predicted molar refractivity (Wildman–Crippen MR) is 42.7 cm³/mol. The Balaban J connectivity index is 0. The van der Waals surface area contributed by atoms with E-state index in [1.54, 1.807) is 0 Å². The molecule has 0 amide bonds. The van der Waals surface area contributed by atoms with Crippen molar-refractivity contribution < 1.29 is 18.6 Å². The maximum Gasteiger partial charge on any atom is 0.00411 e. The molecule has 0 bridgehead atoms. The van der Waals surface area contributed by atoms with E-state index in [2.05, 4.69) is 39.5 Å². The second kappa shape index (κ2) is 6.27. The van der Waals surface area contributed by atoms with Gasteiger partial charge in [0, 0.05) is 30.6 Å². The van der Waals surface area contributed by atoms with Crippen molar-refractivity contribution >= 4 is 0 Å². The van der Waals surface area contributed by atoms with E-state index in [1.807, 2.05) is 0 Å². The van der Waals surface area contributed by atoms with E-state index in [1.165, 1.54) is 0 Å². The van der Waals surface area contributed by atoms with Gasteiger partial charge in [-0.25, -0.2) is 0 Å². The number of rotatable bonds is 3. The molecule has 0 heterocycles. The Bertz CT molecular complexity index is 63.7. The van der Waals surface area contributed by atoms with E-state index in [4.69, 9.17) is 0 Å². The fraction of sp³-hybridized carbons (Fsp3) is 1.00. The third-order valence-corrected chi connectivity index (χ3v) is 1.69. The van der Waals surface area contributed by atoms with Crippen molar-refractivity contribution in [3.05, 3.63) is 0 Å². The molecule has 0 rings (SSSR count). The van der Waals surface area contributed by atoms with Crippen molar-refractivity contribution in [2.24, 2.45) is 0 Å². The van der Waals surface area contributed by atoms with Crippen LogP contribution in [0, 0.1) is 0 Å². The molecule has 2 heteroatoms. The van der Waals surface area contributed by atoms with E-state index in [0.717, 1.165) is 6.54 Å². The topological polar surface area (TPSA) is 3.24 Å². The number of hydrogen-bond acceptors (Lipinski definition) is 1. The molecule has 0 aliphatic rings. The molecular formula is C8H19NV. The summed E-state index contributed by atoms with van der Waals surface area (Å²) >= 11 is 0. The third kappa shape index (κ3) is 4.37. The second-order valence-corrected chi connectivity index (χ2v) is 3.02. The summed E-state index contributed by atoms with van der Waals surface area (Å²) in [5, 5.41) is 0. The summed E-state index contributed by atoms with van der Waals surface area (Å²) in [7, 11) is 0. The van der Waals surface area contributed by atoms with Crippen LogP contribution in [0.2, 0.25) is 0 Å². The van der Waals surface area contributed by atoms with Crippen LogP contribution in [-0.4, -0.2) is 23.5 Å². The van der Waals surface area contributed by atoms with Gasteiger partial charge in [-0.2, -0.15) is 0 Å². The van der Waals surface area contributed by atoms with Gasteiger partial charge in [-0.05, 0) is 34.2 Å². The van der Waals surface area contributed by atoms with E-state index in [9.17, 15) is 0 Å². The van der Waals surface area contributed by atoms with Crippen LogP contribution in [0.15, 0.2) is 0 Å². The molecular weight excluding hydrogens is 161 g/mol. The van der Waals surface area contributed by atoms with Crippen molar-refractivity contribution in [3.8, 4) is 0 Å². The van der Waals surface area contributed by atoms with Crippen molar-refractivity contribution in [1.29, 1.82) is 0 Å². The molecule has 0 aliphatic carbocycles. The van der Waals surface area contributed by atoms with Crippen LogP contribution in [0.25, 0.3) is 0 Å². The predicted octanol–water partition coefficient (Wildman–Crippen LogP) is 2.12. The van der Waals surface area contributed by atoms with Gasteiger partial charge in [-0.15, -0.1) is 0 Å². The molecule has 0 N–H and O–H groups in total. The van der Waals surface area contributed by atoms with Gasteiger partial charge in [0.2, 0.25) is 0 Å². The first-order valence-corrected chi connectivity index (χ1v) is 3.85. The molecule has 0 atom stereocenters. The summed E-state index contributed by atoms with van der Waals surface area (Å²) in [5.74, 6) is 0. The minimum absolute atomic E-state index is 0. The van der Waals surface area contributed by atoms with Crippen molar-refractivity contribution in [2.45, 2.75) is 46.7 Å². The van der Waals surface area contributed by atoms with Gasteiger partial charge in [0.15, 0.2) is 0 Å². The summed E-state index contributed by atoms with van der Waals surface area (Å²) in [6.07, 6.45) is 0. The Morgan fingerprint density at radius 3 is 1.30 bits per heavy atom. The number of hydrogen-bond donors (Lipinski definition) is 0. The van der Waals surface area contributed by atoms with Crippen molar-refractivity contribution in [2.75, 3.05) is 6.54 Å². The van der Waals surface area contributed by atoms with Crippen LogP contribution >= 0.6 is 0 Å². The first kappa shape index (κ1) is 13.2. The minimum atomic E-state index is 0. The van der Waals surface area contributed by atoms with Crippen LogP contribution in [0.4, 0.5) is 0 Å². The molecule has 1 radical (unpaired) electrons. The fourth-order valence-electron chi connectivity index (χ4n) is 1.33. The molecule has 61 valence electrons. The Morgan fingerprint density at radius 1 is 1.00 bits per heavy atom. The average molecular weight is 180 g/mol. The molecule has 10 heavy (non-hydrogen) atoms. The van der Waals surface area contributed by atoms with Gasteiger partial charge < -0.3 is 0 Å². The van der Waals surface area contributed by atoms with Gasteiger partial charge in [0.05, 0.1) is 0 Å². The van der Waals surface area contributed by atoms with Crippen LogP contribution in [0.1, 0.15) is 34.6 Å². The normalized spacial score (nSPS) is 10.8. The first-order valence-electron chi connectivity index (χ1n) is 3.85. The summed E-state index contributed by atoms with van der Waals surface area (Å²) in [4.78, 5) is 2.46. The van der Waals surface area contributed by atoms with E-state index < -0.39 is 0 Å². The maximum absolute atomic E-state index is 2.46. The molecule has 0 aromatic rings. The average Bonchev–Trinajstić information content (AvgIpc) is 1.64. The summed E-state index contributed by atoms with van der Waals surface area (Å²) in [6.45, 7) is 12.3. The zero-order valence-electron chi connectivity index (χ0n) is 7.76. The molecule has 1 nitrogen and oxygen atoms in total. The largest absolute Gasteiger partial charge is 0.299 e. The van der Waals surface area contributed by atoms with Crippen molar-refractivity contribution in [1.82, 2.24) is 4.90 Å². The van der Waals surface area contributed by atoms with Crippen LogP contribution in [-0.2, 0) is 18.6 Å². The Hall–Kier alpha value is 0.544. The molecule has 0 aromatic carbocycles. The Labute approximate surface area is 77.1 Å².